The highest BCUT2D eigenvalue weighted by Gasteiger charge is 2.36. The second kappa shape index (κ2) is 7.30. The van der Waals surface area contributed by atoms with E-state index in [9.17, 15) is 4.79 Å². The van der Waals surface area contributed by atoms with Gasteiger partial charge in [-0.1, -0.05) is 31.8 Å². The van der Waals surface area contributed by atoms with Gasteiger partial charge in [0.1, 0.15) is 5.00 Å². The Balaban J connectivity index is 1.65. The standard InChI is InChI=1S/C25H26N2O2S/c1-25(2)15-20-19(8-7-17-5-4-6-21-18(17)9-10-26(21)3)24(27-11-13-29-14-12-27)30-23(20)22(28)16-25/h4-6,9-10H,11-16H2,1-3H3. The number of thiophene rings is 1. The zero-order valence-electron chi connectivity index (χ0n) is 17.7. The first-order chi connectivity index (χ1) is 14.4. The van der Waals surface area contributed by atoms with Crippen LogP contribution in [0.15, 0.2) is 30.5 Å². The van der Waals surface area contributed by atoms with E-state index in [1.807, 2.05) is 0 Å². The summed E-state index contributed by atoms with van der Waals surface area (Å²) in [5.41, 5.74) is 4.38. The molecule has 0 saturated carbocycles. The summed E-state index contributed by atoms with van der Waals surface area (Å²) in [7, 11) is 2.05. The zero-order chi connectivity index (χ0) is 20.9. The normalized spacial score (nSPS) is 18.2. The second-order valence-electron chi connectivity index (χ2n) is 9.05. The van der Waals surface area contributed by atoms with Crippen LogP contribution in [0.5, 0.6) is 0 Å². The Morgan fingerprint density at radius 1 is 1.10 bits per heavy atom. The van der Waals surface area contributed by atoms with Crippen LogP contribution in [0.3, 0.4) is 0 Å². The Hall–Kier alpha value is -2.55. The van der Waals surface area contributed by atoms with Gasteiger partial charge in [0.2, 0.25) is 0 Å². The molecule has 3 heterocycles. The summed E-state index contributed by atoms with van der Waals surface area (Å²) in [4.78, 5) is 16.2. The molecule has 4 nitrogen and oxygen atoms in total. The molecule has 0 spiro atoms. The zero-order valence-corrected chi connectivity index (χ0v) is 18.6. The van der Waals surface area contributed by atoms with Gasteiger partial charge in [0, 0.05) is 49.2 Å². The van der Waals surface area contributed by atoms with Crippen molar-refractivity contribution in [1.82, 2.24) is 4.57 Å². The Labute approximate surface area is 181 Å². The number of benzene rings is 1. The number of aryl methyl sites for hydroxylation is 1. The predicted molar refractivity (Wildman–Crippen MR) is 123 cm³/mol. The molecule has 0 amide bonds. The lowest BCUT2D eigenvalue weighted by atomic mass is 9.75. The molecule has 0 N–H and O–H groups in total. The van der Waals surface area contributed by atoms with E-state index in [4.69, 9.17) is 4.74 Å². The summed E-state index contributed by atoms with van der Waals surface area (Å²) in [5.74, 6) is 7.22. The average Bonchev–Trinajstić information content (AvgIpc) is 3.28. The van der Waals surface area contributed by atoms with Crippen LogP contribution in [-0.2, 0) is 18.2 Å². The molecule has 0 radical (unpaired) electrons. The molecule has 0 atom stereocenters. The van der Waals surface area contributed by atoms with Crippen molar-refractivity contribution >= 4 is 33.0 Å². The monoisotopic (exact) mass is 418 g/mol. The van der Waals surface area contributed by atoms with E-state index < -0.39 is 0 Å². The lowest BCUT2D eigenvalue weighted by Gasteiger charge is -2.29. The molecule has 1 aliphatic heterocycles. The van der Waals surface area contributed by atoms with Crippen molar-refractivity contribution in [2.75, 3.05) is 31.2 Å². The highest BCUT2D eigenvalue weighted by atomic mass is 32.1. The summed E-state index contributed by atoms with van der Waals surface area (Å²) < 4.78 is 7.67. The van der Waals surface area contributed by atoms with Crippen LogP contribution < -0.4 is 4.90 Å². The summed E-state index contributed by atoms with van der Waals surface area (Å²) in [5, 5.41) is 2.31. The molecule has 3 aromatic rings. The molecule has 5 heteroatoms. The molecule has 0 bridgehead atoms. The third-order valence-corrected chi connectivity index (χ3v) is 7.42. The molecule has 5 rings (SSSR count). The molecule has 154 valence electrons. The maximum Gasteiger partial charge on any atom is 0.173 e. The van der Waals surface area contributed by atoms with Crippen molar-refractivity contribution in [3.8, 4) is 11.8 Å². The number of ketones is 1. The number of aromatic nitrogens is 1. The minimum atomic E-state index is -0.0245. The number of ether oxygens (including phenoxy) is 1. The largest absolute Gasteiger partial charge is 0.378 e. The predicted octanol–water partition coefficient (Wildman–Crippen LogP) is 4.63. The SMILES string of the molecule is Cn1ccc2c(C#Cc3c(N4CCOCC4)sc4c3CC(C)(C)CC4=O)cccc21. The molecule has 1 fully saturated rings. The van der Waals surface area contributed by atoms with Crippen molar-refractivity contribution in [2.45, 2.75) is 26.7 Å². The van der Waals surface area contributed by atoms with Crippen LogP contribution in [0.1, 0.15) is 46.6 Å². The van der Waals surface area contributed by atoms with Gasteiger partial charge in [0.25, 0.3) is 0 Å². The first kappa shape index (κ1) is 19.4. The number of hydrogen-bond acceptors (Lipinski definition) is 4. The number of fused-ring (bicyclic) bond motifs is 2. The van der Waals surface area contributed by atoms with Crippen molar-refractivity contribution in [3.63, 3.8) is 0 Å². The van der Waals surface area contributed by atoms with Crippen LogP contribution in [0.2, 0.25) is 0 Å². The number of rotatable bonds is 1. The van der Waals surface area contributed by atoms with Crippen molar-refractivity contribution in [1.29, 1.82) is 0 Å². The first-order valence-corrected chi connectivity index (χ1v) is 11.3. The topological polar surface area (TPSA) is 34.5 Å². The Morgan fingerprint density at radius 2 is 1.90 bits per heavy atom. The minimum Gasteiger partial charge on any atom is -0.378 e. The molecular formula is C25H26N2O2S. The van der Waals surface area contributed by atoms with Crippen molar-refractivity contribution < 1.29 is 9.53 Å². The van der Waals surface area contributed by atoms with Crippen molar-refractivity contribution in [2.24, 2.45) is 12.5 Å². The van der Waals surface area contributed by atoms with Crippen LogP contribution in [0, 0.1) is 17.3 Å². The lowest BCUT2D eigenvalue weighted by Crippen LogP contribution is -2.36. The average molecular weight is 419 g/mol. The maximum absolute atomic E-state index is 12.9. The summed E-state index contributed by atoms with van der Waals surface area (Å²) >= 11 is 1.63. The van der Waals surface area contributed by atoms with Gasteiger partial charge in [-0.25, -0.2) is 0 Å². The lowest BCUT2D eigenvalue weighted by molar-refractivity contribution is 0.0917. The molecule has 2 aromatic heterocycles. The highest BCUT2D eigenvalue weighted by Crippen LogP contribution is 2.45. The van der Waals surface area contributed by atoms with Gasteiger partial charge in [-0.2, -0.15) is 0 Å². The Morgan fingerprint density at radius 3 is 2.70 bits per heavy atom. The number of carbonyl (C=O) groups excluding carboxylic acids is 1. The Kier molecular flexibility index (Phi) is 4.72. The molecule has 2 aliphatic rings. The number of anilines is 1. The minimum absolute atomic E-state index is 0.0245. The summed E-state index contributed by atoms with van der Waals surface area (Å²) in [6.07, 6.45) is 3.58. The fraction of sp³-hybridized carbons (Fsp3) is 0.400. The molecule has 1 aromatic carbocycles. The fourth-order valence-electron chi connectivity index (χ4n) is 4.56. The smallest absolute Gasteiger partial charge is 0.173 e. The van der Waals surface area contributed by atoms with Gasteiger partial charge in [-0.3, -0.25) is 4.79 Å². The van der Waals surface area contributed by atoms with Gasteiger partial charge in [-0.15, -0.1) is 11.3 Å². The van der Waals surface area contributed by atoms with E-state index in [0.717, 1.165) is 59.3 Å². The molecular weight excluding hydrogens is 392 g/mol. The first-order valence-electron chi connectivity index (χ1n) is 10.5. The van der Waals surface area contributed by atoms with Crippen molar-refractivity contribution in [3.05, 3.63) is 52.0 Å². The highest BCUT2D eigenvalue weighted by molar-refractivity contribution is 7.18. The third kappa shape index (κ3) is 3.34. The van der Waals surface area contributed by atoms with Gasteiger partial charge in [0.15, 0.2) is 5.78 Å². The van der Waals surface area contributed by atoms with E-state index >= 15 is 0 Å². The van der Waals surface area contributed by atoms with Crippen LogP contribution in [0.4, 0.5) is 5.00 Å². The van der Waals surface area contributed by atoms with E-state index in [1.54, 1.807) is 11.3 Å². The van der Waals surface area contributed by atoms with E-state index in [-0.39, 0.29) is 11.2 Å². The fourth-order valence-corrected chi connectivity index (χ4v) is 5.83. The van der Waals surface area contributed by atoms with Gasteiger partial charge in [-0.05, 0) is 35.6 Å². The van der Waals surface area contributed by atoms with Crippen LogP contribution >= 0.6 is 11.3 Å². The second-order valence-corrected chi connectivity index (χ2v) is 10.0. The molecule has 1 aliphatic carbocycles. The maximum atomic E-state index is 12.9. The van der Waals surface area contributed by atoms with Gasteiger partial charge >= 0.3 is 0 Å². The number of Topliss-reactive ketones (excluding diaryl/α,β-unsaturated/α-hetero) is 1. The molecule has 0 unspecified atom stereocenters. The van der Waals surface area contributed by atoms with Crippen LogP contribution in [-0.4, -0.2) is 36.7 Å². The number of carbonyl (C=O) groups is 1. The summed E-state index contributed by atoms with van der Waals surface area (Å²) in [6.45, 7) is 7.50. The Bertz CT molecular complexity index is 1200. The quantitative estimate of drug-likeness (QED) is 0.541. The van der Waals surface area contributed by atoms with E-state index in [1.165, 1.54) is 10.9 Å². The van der Waals surface area contributed by atoms with Gasteiger partial charge < -0.3 is 14.2 Å². The third-order valence-electron chi connectivity index (χ3n) is 6.08. The molecule has 30 heavy (non-hydrogen) atoms. The van der Waals surface area contributed by atoms with Gasteiger partial charge in [0.05, 0.1) is 23.7 Å². The number of morpholine rings is 1. The summed E-state index contributed by atoms with van der Waals surface area (Å²) in [6, 6.07) is 8.38. The number of hydrogen-bond donors (Lipinski definition) is 0. The van der Waals surface area contributed by atoms with E-state index in [0.29, 0.717) is 6.42 Å². The van der Waals surface area contributed by atoms with Crippen LogP contribution in [0.25, 0.3) is 10.9 Å². The van der Waals surface area contributed by atoms with E-state index in [2.05, 4.69) is 72.7 Å². The number of nitrogens with zero attached hydrogens (tertiary/aromatic N) is 2. The molecule has 1 saturated heterocycles.